The van der Waals surface area contributed by atoms with Gasteiger partial charge in [0.1, 0.15) is 12.4 Å². The summed E-state index contributed by atoms with van der Waals surface area (Å²) in [6.45, 7) is 1.60. The molecule has 1 aliphatic carbocycles. The van der Waals surface area contributed by atoms with Gasteiger partial charge in [0, 0.05) is 12.2 Å². The summed E-state index contributed by atoms with van der Waals surface area (Å²) in [7, 11) is 0. The molecule has 2 heterocycles. The summed E-state index contributed by atoms with van der Waals surface area (Å²) >= 11 is 0. The summed E-state index contributed by atoms with van der Waals surface area (Å²) in [5.74, 6) is 1.85. The van der Waals surface area contributed by atoms with Gasteiger partial charge in [-0.15, -0.1) is 12.4 Å². The van der Waals surface area contributed by atoms with Crippen LogP contribution in [0, 0.1) is 5.92 Å². The molecule has 5 heteroatoms. The average molecular weight is 287 g/mol. The Hall–Kier alpha value is -0.870. The van der Waals surface area contributed by atoms with Crippen LogP contribution < -0.4 is 10.1 Å². The number of nitrogens with zero attached hydrogens (tertiary/aromatic N) is 1. The third-order valence-electron chi connectivity index (χ3n) is 3.94. The second-order valence-electron chi connectivity index (χ2n) is 5.28. The summed E-state index contributed by atoms with van der Waals surface area (Å²) in [5.41, 5.74) is 1.20. The quantitative estimate of drug-likeness (QED) is 0.873. The van der Waals surface area contributed by atoms with E-state index in [1.807, 2.05) is 6.20 Å². The third-order valence-corrected chi connectivity index (χ3v) is 3.94. The minimum Gasteiger partial charge on any atom is -0.490 e. The van der Waals surface area contributed by atoms with E-state index in [4.69, 9.17) is 4.74 Å². The molecular weight excluding hydrogens is 267 g/mol. The fourth-order valence-corrected chi connectivity index (χ4v) is 2.52. The summed E-state index contributed by atoms with van der Waals surface area (Å²) in [6.07, 6.45) is 6.61. The maximum atomic E-state index is 12.3. The molecule has 1 N–H and O–H groups in total. The zero-order valence-corrected chi connectivity index (χ0v) is 11.7. The van der Waals surface area contributed by atoms with Crippen LogP contribution in [-0.2, 0) is 0 Å². The van der Waals surface area contributed by atoms with E-state index in [1.54, 1.807) is 6.20 Å². The summed E-state index contributed by atoms with van der Waals surface area (Å²) < 4.78 is 18.0. The predicted octanol–water partition coefficient (Wildman–Crippen LogP) is 2.71. The lowest BCUT2D eigenvalue weighted by atomic mass is 10.1. The van der Waals surface area contributed by atoms with Gasteiger partial charge in [-0.1, -0.05) is 0 Å². The first kappa shape index (κ1) is 14.5. The van der Waals surface area contributed by atoms with Crippen molar-refractivity contribution in [1.82, 2.24) is 10.3 Å². The van der Waals surface area contributed by atoms with Crippen LogP contribution in [0.15, 0.2) is 18.5 Å². The number of aromatic nitrogens is 1. The Morgan fingerprint density at radius 1 is 1.42 bits per heavy atom. The zero-order valence-electron chi connectivity index (χ0n) is 10.8. The van der Waals surface area contributed by atoms with Crippen LogP contribution in [-0.4, -0.2) is 30.9 Å². The Labute approximate surface area is 119 Å². The molecule has 1 saturated heterocycles. The van der Waals surface area contributed by atoms with Crippen LogP contribution in [0.2, 0.25) is 0 Å². The van der Waals surface area contributed by atoms with Crippen molar-refractivity contribution in [3.63, 3.8) is 0 Å². The van der Waals surface area contributed by atoms with Crippen LogP contribution in [0.4, 0.5) is 4.39 Å². The monoisotopic (exact) mass is 286 g/mol. The largest absolute Gasteiger partial charge is 0.490 e. The minimum absolute atomic E-state index is 0. The van der Waals surface area contributed by atoms with E-state index >= 15 is 0 Å². The number of nitrogens with one attached hydrogen (secondary N) is 1. The van der Waals surface area contributed by atoms with Gasteiger partial charge in [0.2, 0.25) is 0 Å². The fourth-order valence-electron chi connectivity index (χ4n) is 2.52. The maximum Gasteiger partial charge on any atom is 0.137 e. The van der Waals surface area contributed by atoms with Gasteiger partial charge in [-0.25, -0.2) is 0 Å². The Morgan fingerprint density at radius 2 is 2.26 bits per heavy atom. The Balaban J connectivity index is 0.00000133. The predicted molar refractivity (Wildman–Crippen MR) is 74.8 cm³/mol. The first-order valence-electron chi connectivity index (χ1n) is 6.74. The van der Waals surface area contributed by atoms with Gasteiger partial charge < -0.3 is 10.1 Å². The molecule has 1 saturated carbocycles. The number of ether oxygens (including phenoxy) is 1. The van der Waals surface area contributed by atoms with Crippen LogP contribution >= 0.6 is 12.4 Å². The van der Waals surface area contributed by atoms with Gasteiger partial charge in [-0.05, 0) is 49.3 Å². The van der Waals surface area contributed by atoms with Gasteiger partial charge in [0.05, 0.1) is 12.9 Å². The van der Waals surface area contributed by atoms with Crippen molar-refractivity contribution in [2.45, 2.75) is 31.2 Å². The number of rotatable bonds is 6. The fraction of sp³-hybridized carbons (Fsp3) is 0.643. The van der Waals surface area contributed by atoms with Crippen LogP contribution in [0.25, 0.3) is 0 Å². The molecule has 0 radical (unpaired) electrons. The Bertz CT molecular complexity index is 414. The van der Waals surface area contributed by atoms with Gasteiger partial charge in [0.15, 0.2) is 0 Å². The van der Waals surface area contributed by atoms with Crippen molar-refractivity contribution in [3.05, 3.63) is 24.0 Å². The average Bonchev–Trinajstić information content (AvgIpc) is 3.07. The topological polar surface area (TPSA) is 34.1 Å². The second kappa shape index (κ2) is 6.53. The van der Waals surface area contributed by atoms with Crippen LogP contribution in [0.5, 0.6) is 5.75 Å². The first-order valence-corrected chi connectivity index (χ1v) is 6.74. The van der Waals surface area contributed by atoms with Crippen molar-refractivity contribution in [2.75, 3.05) is 19.8 Å². The zero-order chi connectivity index (χ0) is 12.4. The number of hydrogen-bond acceptors (Lipinski definition) is 3. The lowest BCUT2D eigenvalue weighted by molar-refractivity contribution is 0.217. The van der Waals surface area contributed by atoms with Crippen molar-refractivity contribution < 1.29 is 9.13 Å². The highest BCUT2D eigenvalue weighted by Gasteiger charge is 2.38. The Morgan fingerprint density at radius 3 is 2.95 bits per heavy atom. The van der Waals surface area contributed by atoms with Gasteiger partial charge in [-0.2, -0.15) is 0 Å². The highest BCUT2D eigenvalue weighted by Crippen LogP contribution is 2.49. The number of hydrogen-bond donors (Lipinski definition) is 1. The number of pyridine rings is 1. The minimum atomic E-state index is -0.210. The molecule has 0 bridgehead atoms. The van der Waals surface area contributed by atoms with Gasteiger partial charge in [0.25, 0.3) is 0 Å². The van der Waals surface area contributed by atoms with Crippen molar-refractivity contribution in [3.8, 4) is 5.75 Å². The van der Waals surface area contributed by atoms with E-state index in [1.165, 1.54) is 12.0 Å². The lowest BCUT2D eigenvalue weighted by Gasteiger charge is -2.27. The molecule has 0 amide bonds. The normalized spacial score (nSPS) is 28.2. The van der Waals surface area contributed by atoms with E-state index in [2.05, 4.69) is 16.4 Å². The van der Waals surface area contributed by atoms with Crippen LogP contribution in [0.3, 0.4) is 0 Å². The molecule has 1 aromatic rings. The molecule has 0 spiro atoms. The van der Waals surface area contributed by atoms with Crippen LogP contribution in [0.1, 0.15) is 30.7 Å². The van der Waals surface area contributed by atoms with E-state index in [9.17, 15) is 4.39 Å². The molecule has 0 aromatic carbocycles. The molecule has 19 heavy (non-hydrogen) atoms. The Kier molecular flexibility index (Phi) is 4.99. The van der Waals surface area contributed by atoms with E-state index < -0.39 is 0 Å². The maximum absolute atomic E-state index is 12.3. The summed E-state index contributed by atoms with van der Waals surface area (Å²) in [5, 5.41) is 3.30. The van der Waals surface area contributed by atoms with E-state index in [-0.39, 0.29) is 19.1 Å². The molecule has 2 fully saturated rings. The van der Waals surface area contributed by atoms with E-state index in [0.29, 0.717) is 30.9 Å². The standard InChI is InChI=1S/C14H19FN2O.ClH/c15-3-1-10-6-14(10)11-5-13(8-16-7-11)18-9-12-2-4-17-12;/h5,7-8,10,12,14,17H,1-4,6,9H2;1H/t10-,12-,14-;/m0./s1. The van der Waals surface area contributed by atoms with Crippen molar-refractivity contribution in [2.24, 2.45) is 5.92 Å². The molecule has 0 unspecified atom stereocenters. The molecule has 3 atom stereocenters. The molecule has 1 aliphatic heterocycles. The number of halogens is 2. The highest BCUT2D eigenvalue weighted by molar-refractivity contribution is 5.85. The number of alkyl halides is 1. The van der Waals surface area contributed by atoms with Crippen molar-refractivity contribution in [1.29, 1.82) is 0 Å². The molecule has 3 rings (SSSR count). The van der Waals surface area contributed by atoms with Gasteiger partial charge in [-0.3, -0.25) is 9.37 Å². The lowest BCUT2D eigenvalue weighted by Crippen LogP contribution is -2.46. The molecule has 3 nitrogen and oxygen atoms in total. The van der Waals surface area contributed by atoms with Crippen molar-refractivity contribution >= 4 is 12.4 Å². The molecule has 106 valence electrons. The SMILES string of the molecule is Cl.FCC[C@H]1C[C@@H]1c1cncc(OC[C@@H]2CCN2)c1. The second-order valence-corrected chi connectivity index (χ2v) is 5.28. The summed E-state index contributed by atoms with van der Waals surface area (Å²) in [6, 6.07) is 2.56. The van der Waals surface area contributed by atoms with Gasteiger partial charge >= 0.3 is 0 Å². The molecule has 1 aromatic heterocycles. The highest BCUT2D eigenvalue weighted by atomic mass is 35.5. The summed E-state index contributed by atoms with van der Waals surface area (Å²) in [4.78, 5) is 4.22. The smallest absolute Gasteiger partial charge is 0.137 e. The third kappa shape index (κ3) is 3.57. The first-order chi connectivity index (χ1) is 8.86. The molecular formula is C14H20ClFN2O. The molecule has 2 aliphatic rings. The van der Waals surface area contributed by atoms with E-state index in [0.717, 1.165) is 18.7 Å².